The quantitative estimate of drug-likeness (QED) is 0.664. The predicted octanol–water partition coefficient (Wildman–Crippen LogP) is 4.04. The summed E-state index contributed by atoms with van der Waals surface area (Å²) in [5.41, 5.74) is 0.760. The number of benzene rings is 2. The molecule has 1 N–H and O–H groups in total. The number of hydrogen-bond acceptors (Lipinski definition) is 5. The van der Waals surface area contributed by atoms with Gasteiger partial charge in [-0.15, -0.1) is 4.40 Å². The number of anilines is 2. The van der Waals surface area contributed by atoms with Crippen LogP contribution in [0.2, 0.25) is 0 Å². The zero-order chi connectivity index (χ0) is 21.3. The lowest BCUT2D eigenvalue weighted by atomic mass is 10.1. The highest BCUT2D eigenvalue weighted by atomic mass is 32.2. The first kappa shape index (κ1) is 19.8. The van der Waals surface area contributed by atoms with Crippen molar-refractivity contribution in [3.8, 4) is 0 Å². The summed E-state index contributed by atoms with van der Waals surface area (Å²) in [6.45, 7) is 2.37. The Balaban J connectivity index is 1.77. The van der Waals surface area contributed by atoms with Crippen molar-refractivity contribution in [2.75, 3.05) is 16.8 Å². The number of amides is 1. The van der Waals surface area contributed by atoms with Gasteiger partial charge in [0, 0.05) is 12.2 Å². The van der Waals surface area contributed by atoms with E-state index in [1.807, 2.05) is 6.92 Å². The maximum atomic E-state index is 14.4. The molecule has 0 aliphatic carbocycles. The summed E-state index contributed by atoms with van der Waals surface area (Å²) in [6, 6.07) is 13.5. The van der Waals surface area contributed by atoms with Gasteiger partial charge in [-0.3, -0.25) is 4.79 Å². The molecule has 9 heteroatoms. The Hall–Kier alpha value is -3.46. The van der Waals surface area contributed by atoms with Crippen LogP contribution in [0.4, 0.5) is 15.8 Å². The van der Waals surface area contributed by atoms with Crippen LogP contribution in [0.25, 0.3) is 0 Å². The van der Waals surface area contributed by atoms with Gasteiger partial charge in [0.15, 0.2) is 11.6 Å². The van der Waals surface area contributed by atoms with Crippen LogP contribution in [0.15, 0.2) is 74.6 Å². The first-order chi connectivity index (χ1) is 14.4. The monoisotopic (exact) mass is 427 g/mol. The molecule has 0 unspecified atom stereocenters. The molecule has 30 heavy (non-hydrogen) atoms. The van der Waals surface area contributed by atoms with Gasteiger partial charge in [-0.25, -0.2) is 4.39 Å². The van der Waals surface area contributed by atoms with E-state index < -0.39 is 21.7 Å². The Kier molecular flexibility index (Phi) is 5.13. The summed E-state index contributed by atoms with van der Waals surface area (Å²) in [5.74, 6) is -0.926. The molecule has 0 saturated carbocycles. The van der Waals surface area contributed by atoms with E-state index in [4.69, 9.17) is 4.42 Å². The van der Waals surface area contributed by atoms with Crippen molar-refractivity contribution >= 4 is 33.1 Å². The van der Waals surface area contributed by atoms with Crippen molar-refractivity contribution in [3.05, 3.63) is 78.0 Å². The number of hydrogen-bond donors (Lipinski definition) is 1. The molecule has 1 aromatic heterocycles. The van der Waals surface area contributed by atoms with Crippen LogP contribution < -0.4 is 10.2 Å². The van der Waals surface area contributed by atoms with E-state index in [-0.39, 0.29) is 27.7 Å². The number of fused-ring (bicyclic) bond motifs is 1. The molecule has 3 aromatic rings. The lowest BCUT2D eigenvalue weighted by molar-refractivity contribution is 0.0996. The highest BCUT2D eigenvalue weighted by molar-refractivity contribution is 7.90. The lowest BCUT2D eigenvalue weighted by Crippen LogP contribution is -2.37. The van der Waals surface area contributed by atoms with Gasteiger partial charge in [0.05, 0.1) is 17.5 Å². The largest absolute Gasteiger partial charge is 0.459 e. The minimum atomic E-state index is -4.11. The third-order valence-electron chi connectivity index (χ3n) is 4.56. The van der Waals surface area contributed by atoms with E-state index in [9.17, 15) is 17.6 Å². The second kappa shape index (κ2) is 7.75. The molecule has 0 fully saturated rings. The zero-order valence-corrected chi connectivity index (χ0v) is 16.8. The van der Waals surface area contributed by atoms with Crippen molar-refractivity contribution in [1.29, 1.82) is 0 Å². The third kappa shape index (κ3) is 3.59. The fraction of sp³-hybridized carbons (Fsp3) is 0.143. The van der Waals surface area contributed by atoms with Gasteiger partial charge in [-0.1, -0.05) is 19.1 Å². The second-order valence-electron chi connectivity index (χ2n) is 6.64. The Morgan fingerprint density at radius 1 is 1.17 bits per heavy atom. The number of furan rings is 1. The fourth-order valence-electron chi connectivity index (χ4n) is 3.24. The van der Waals surface area contributed by atoms with E-state index in [0.29, 0.717) is 18.7 Å². The highest BCUT2D eigenvalue weighted by Gasteiger charge is 2.32. The fourth-order valence-corrected chi connectivity index (χ4v) is 4.48. The van der Waals surface area contributed by atoms with Crippen LogP contribution >= 0.6 is 0 Å². The molecule has 1 aliphatic heterocycles. The normalized spacial score (nSPS) is 14.7. The molecular formula is C21H18FN3O4S. The molecule has 4 rings (SSSR count). The molecule has 0 saturated heterocycles. The molecule has 154 valence electrons. The Morgan fingerprint density at radius 3 is 2.67 bits per heavy atom. The SMILES string of the molecule is CCCN1C(c2ccccc2F)=NS(=O)(=O)c2cc(NC(=O)c3ccco3)ccc21. The first-order valence-corrected chi connectivity index (χ1v) is 10.7. The number of sulfonamides is 1. The van der Waals surface area contributed by atoms with Gasteiger partial charge in [-0.05, 0) is 48.9 Å². The number of carbonyl (C=O) groups excluding carboxylic acids is 1. The van der Waals surface area contributed by atoms with Crippen molar-refractivity contribution in [1.82, 2.24) is 0 Å². The number of halogens is 1. The second-order valence-corrected chi connectivity index (χ2v) is 8.21. The Bertz CT molecular complexity index is 1240. The van der Waals surface area contributed by atoms with Crippen molar-refractivity contribution in [2.24, 2.45) is 4.40 Å². The maximum absolute atomic E-state index is 14.4. The Morgan fingerprint density at radius 2 is 1.97 bits per heavy atom. The van der Waals surface area contributed by atoms with Crippen molar-refractivity contribution < 1.29 is 22.0 Å². The van der Waals surface area contributed by atoms with E-state index >= 15 is 0 Å². The molecule has 0 bridgehead atoms. The van der Waals surface area contributed by atoms with Gasteiger partial charge in [0.1, 0.15) is 10.7 Å². The van der Waals surface area contributed by atoms with Crippen molar-refractivity contribution in [2.45, 2.75) is 18.2 Å². The summed E-state index contributed by atoms with van der Waals surface area (Å²) >= 11 is 0. The van der Waals surface area contributed by atoms with E-state index in [1.54, 1.807) is 29.2 Å². The lowest BCUT2D eigenvalue weighted by Gasteiger charge is -2.31. The number of amidine groups is 1. The van der Waals surface area contributed by atoms with E-state index in [1.165, 1.54) is 36.6 Å². The molecule has 1 aliphatic rings. The van der Waals surface area contributed by atoms with Gasteiger partial charge in [-0.2, -0.15) is 8.42 Å². The summed E-state index contributed by atoms with van der Waals surface area (Å²) in [6.07, 6.45) is 2.05. The molecule has 0 spiro atoms. The van der Waals surface area contributed by atoms with E-state index in [0.717, 1.165) is 0 Å². The molecule has 0 radical (unpaired) electrons. The van der Waals surface area contributed by atoms with Crippen LogP contribution in [-0.2, 0) is 10.0 Å². The summed E-state index contributed by atoms with van der Waals surface area (Å²) in [5, 5.41) is 2.61. The third-order valence-corrected chi connectivity index (χ3v) is 5.85. The summed E-state index contributed by atoms with van der Waals surface area (Å²) in [7, 11) is -4.11. The maximum Gasteiger partial charge on any atom is 0.291 e. The average molecular weight is 427 g/mol. The minimum absolute atomic E-state index is 0.0369. The van der Waals surface area contributed by atoms with Gasteiger partial charge < -0.3 is 14.6 Å². The smallest absolute Gasteiger partial charge is 0.291 e. The number of carbonyl (C=O) groups is 1. The Labute approximate surface area is 172 Å². The highest BCUT2D eigenvalue weighted by Crippen LogP contribution is 2.35. The zero-order valence-electron chi connectivity index (χ0n) is 16.0. The first-order valence-electron chi connectivity index (χ1n) is 9.27. The summed E-state index contributed by atoms with van der Waals surface area (Å²) < 4.78 is 49.2. The van der Waals surface area contributed by atoms with Crippen LogP contribution in [-0.4, -0.2) is 26.7 Å². The predicted molar refractivity (Wildman–Crippen MR) is 111 cm³/mol. The minimum Gasteiger partial charge on any atom is -0.459 e. The summed E-state index contributed by atoms with van der Waals surface area (Å²) in [4.78, 5) is 13.8. The molecule has 7 nitrogen and oxygen atoms in total. The molecule has 2 heterocycles. The molecular weight excluding hydrogens is 409 g/mol. The number of nitrogens with zero attached hydrogens (tertiary/aromatic N) is 2. The average Bonchev–Trinajstić information content (AvgIpc) is 3.26. The van der Waals surface area contributed by atoms with Crippen LogP contribution in [0.3, 0.4) is 0 Å². The number of nitrogens with one attached hydrogen (secondary N) is 1. The van der Waals surface area contributed by atoms with Gasteiger partial charge in [0.25, 0.3) is 15.9 Å². The van der Waals surface area contributed by atoms with Gasteiger partial charge >= 0.3 is 0 Å². The van der Waals surface area contributed by atoms with Crippen LogP contribution in [0, 0.1) is 5.82 Å². The van der Waals surface area contributed by atoms with Gasteiger partial charge in [0.2, 0.25) is 0 Å². The molecule has 2 aromatic carbocycles. The standard InChI is InChI=1S/C21H18FN3O4S/c1-2-11-25-17-10-9-14(23-21(26)18-8-5-12-29-18)13-19(17)30(27,28)24-20(25)15-6-3-4-7-16(15)22/h3-10,12-13H,2,11H2,1H3,(H,23,26). The number of rotatable bonds is 5. The molecule has 1 amide bonds. The molecule has 0 atom stereocenters. The van der Waals surface area contributed by atoms with Crippen molar-refractivity contribution in [3.63, 3.8) is 0 Å². The van der Waals surface area contributed by atoms with E-state index in [2.05, 4.69) is 9.71 Å². The van der Waals surface area contributed by atoms with Crippen LogP contribution in [0.1, 0.15) is 29.5 Å². The van der Waals surface area contributed by atoms with Crippen LogP contribution in [0.5, 0.6) is 0 Å². The topological polar surface area (TPSA) is 92.0 Å².